The molecule has 7 heteroatoms. The lowest BCUT2D eigenvalue weighted by Crippen LogP contribution is -2.64. The molecular weight excluding hydrogens is 282 g/mol. The lowest BCUT2D eigenvalue weighted by atomic mass is 9.59. The minimum atomic E-state index is -3.87. The van der Waals surface area contributed by atoms with E-state index in [1.54, 1.807) is 0 Å². The normalized spacial score (nSPS) is 27.1. The Hall–Kier alpha value is -1.34. The van der Waals surface area contributed by atoms with Crippen molar-refractivity contribution in [3.8, 4) is 0 Å². The molecule has 0 atom stereocenters. The number of carbonyl (C=O) groups is 1. The largest absolute Gasteiger partial charge is 0.480 e. The van der Waals surface area contributed by atoms with Gasteiger partial charge in [-0.1, -0.05) is 20.8 Å². The van der Waals surface area contributed by atoms with Gasteiger partial charge in [-0.05, 0) is 30.2 Å². The Balaban J connectivity index is 2.20. The van der Waals surface area contributed by atoms with Gasteiger partial charge in [0.2, 0.25) is 10.0 Å². The third-order valence-corrected chi connectivity index (χ3v) is 5.47. The summed E-state index contributed by atoms with van der Waals surface area (Å²) in [6.07, 6.45) is 2.91. The molecule has 0 aromatic carbocycles. The minimum Gasteiger partial charge on any atom is -0.480 e. The summed E-state index contributed by atoms with van der Waals surface area (Å²) < 4.78 is 31.3. The molecule has 2 rings (SSSR count). The van der Waals surface area contributed by atoms with Gasteiger partial charge in [-0.3, -0.25) is 4.79 Å². The molecule has 6 nitrogen and oxygen atoms in total. The summed E-state index contributed by atoms with van der Waals surface area (Å²) in [4.78, 5) is 11.4. The predicted molar refractivity (Wildman–Crippen MR) is 71.6 cm³/mol. The van der Waals surface area contributed by atoms with E-state index in [9.17, 15) is 18.3 Å². The molecule has 1 aliphatic carbocycles. The number of sulfonamides is 1. The van der Waals surface area contributed by atoms with Crippen molar-refractivity contribution in [3.05, 3.63) is 18.6 Å². The van der Waals surface area contributed by atoms with E-state index in [4.69, 9.17) is 4.42 Å². The number of hydrogen-bond donors (Lipinski definition) is 2. The van der Waals surface area contributed by atoms with Crippen molar-refractivity contribution in [2.24, 2.45) is 11.3 Å². The average molecular weight is 301 g/mol. The van der Waals surface area contributed by atoms with Gasteiger partial charge in [0.1, 0.15) is 16.7 Å². The molecule has 0 bridgehead atoms. The highest BCUT2D eigenvalue weighted by molar-refractivity contribution is 7.89. The molecule has 112 valence electrons. The number of nitrogens with one attached hydrogen (secondary N) is 1. The summed E-state index contributed by atoms with van der Waals surface area (Å²) >= 11 is 0. The summed E-state index contributed by atoms with van der Waals surface area (Å²) in [5.41, 5.74) is -1.45. The van der Waals surface area contributed by atoms with E-state index in [0.29, 0.717) is 12.8 Å². The smallest absolute Gasteiger partial charge is 0.324 e. The van der Waals surface area contributed by atoms with Crippen LogP contribution in [0.1, 0.15) is 33.6 Å². The fourth-order valence-corrected chi connectivity index (χ4v) is 3.72. The van der Waals surface area contributed by atoms with Gasteiger partial charge in [-0.25, -0.2) is 8.42 Å². The number of rotatable bonds is 4. The maximum absolute atomic E-state index is 12.1. The average Bonchev–Trinajstić information content (AvgIpc) is 2.74. The highest BCUT2D eigenvalue weighted by atomic mass is 32.2. The highest BCUT2D eigenvalue weighted by Crippen LogP contribution is 2.48. The first kappa shape index (κ1) is 15.1. The minimum absolute atomic E-state index is 0.0416. The first-order valence-electron chi connectivity index (χ1n) is 6.36. The van der Waals surface area contributed by atoms with Gasteiger partial charge >= 0.3 is 5.97 Å². The fourth-order valence-electron chi connectivity index (χ4n) is 2.42. The molecule has 0 unspecified atom stereocenters. The second-order valence-corrected chi connectivity index (χ2v) is 8.11. The van der Waals surface area contributed by atoms with Crippen molar-refractivity contribution < 1.29 is 22.7 Å². The van der Waals surface area contributed by atoms with Gasteiger partial charge in [0, 0.05) is 0 Å². The maximum Gasteiger partial charge on any atom is 0.324 e. The zero-order valence-corrected chi connectivity index (χ0v) is 12.5. The second-order valence-electron chi connectivity index (χ2n) is 6.42. The van der Waals surface area contributed by atoms with Gasteiger partial charge in [0.15, 0.2) is 0 Å². The Kier molecular flexibility index (Phi) is 3.46. The maximum atomic E-state index is 12.1. The van der Waals surface area contributed by atoms with Crippen LogP contribution >= 0.6 is 0 Å². The predicted octanol–water partition coefficient (Wildman–Crippen LogP) is 1.84. The van der Waals surface area contributed by atoms with Crippen molar-refractivity contribution in [2.75, 3.05) is 0 Å². The lowest BCUT2D eigenvalue weighted by molar-refractivity contribution is -0.152. The van der Waals surface area contributed by atoms with Crippen molar-refractivity contribution in [1.82, 2.24) is 4.72 Å². The molecule has 1 aromatic rings. The Bertz CT molecular complexity index is 591. The zero-order chi connectivity index (χ0) is 15.2. The second kappa shape index (κ2) is 4.60. The number of furan rings is 1. The van der Waals surface area contributed by atoms with E-state index >= 15 is 0 Å². The fraction of sp³-hybridized carbons (Fsp3) is 0.615. The zero-order valence-electron chi connectivity index (χ0n) is 11.7. The molecule has 0 amide bonds. The van der Waals surface area contributed by atoms with E-state index in [1.807, 2.05) is 20.8 Å². The number of hydrogen-bond acceptors (Lipinski definition) is 4. The van der Waals surface area contributed by atoms with E-state index in [2.05, 4.69) is 4.72 Å². The molecule has 1 heterocycles. The molecule has 2 N–H and O–H groups in total. The number of aliphatic carboxylic acids is 1. The Morgan fingerprint density at radius 1 is 1.45 bits per heavy atom. The van der Waals surface area contributed by atoms with Crippen LogP contribution in [-0.4, -0.2) is 25.0 Å². The van der Waals surface area contributed by atoms with Crippen LogP contribution in [0.3, 0.4) is 0 Å². The van der Waals surface area contributed by atoms with Crippen LogP contribution in [0, 0.1) is 11.3 Å². The third kappa shape index (κ3) is 2.60. The first-order chi connectivity index (χ1) is 9.07. The van der Waals surface area contributed by atoms with Gasteiger partial charge in [-0.2, -0.15) is 4.72 Å². The molecule has 1 aromatic heterocycles. The van der Waals surface area contributed by atoms with E-state index in [-0.39, 0.29) is 16.2 Å². The number of carboxylic acid groups (broad SMARTS) is 1. The molecule has 1 fully saturated rings. The molecular formula is C13H19NO5S. The molecule has 0 spiro atoms. The lowest BCUT2D eigenvalue weighted by Gasteiger charge is -2.49. The Morgan fingerprint density at radius 2 is 2.05 bits per heavy atom. The Morgan fingerprint density at radius 3 is 2.45 bits per heavy atom. The van der Waals surface area contributed by atoms with Crippen LogP contribution in [0.15, 0.2) is 27.9 Å². The monoisotopic (exact) mass is 301 g/mol. The molecule has 0 radical (unpaired) electrons. The summed E-state index contributed by atoms with van der Waals surface area (Å²) in [6, 6.07) is 1.29. The standard InChI is InChI=1S/C13H19NO5S/c1-12(2,3)9-6-13(7-9,11(15)16)14-20(17,18)10-4-5-19-8-10/h4-5,8-9,14H,6-7H2,1-3H3,(H,15,16). The van der Waals surface area contributed by atoms with Gasteiger partial charge in [-0.15, -0.1) is 0 Å². The van der Waals surface area contributed by atoms with Crippen LogP contribution in [0.5, 0.6) is 0 Å². The quantitative estimate of drug-likeness (QED) is 0.884. The summed E-state index contributed by atoms with van der Waals surface area (Å²) in [5.74, 6) is -0.962. The summed E-state index contributed by atoms with van der Waals surface area (Å²) in [7, 11) is -3.87. The van der Waals surface area contributed by atoms with Crippen molar-refractivity contribution in [1.29, 1.82) is 0 Å². The Labute approximate surface area is 118 Å². The highest BCUT2D eigenvalue weighted by Gasteiger charge is 2.55. The van der Waals surface area contributed by atoms with Crippen molar-refractivity contribution >= 4 is 16.0 Å². The van der Waals surface area contributed by atoms with Crippen molar-refractivity contribution in [3.63, 3.8) is 0 Å². The molecule has 20 heavy (non-hydrogen) atoms. The summed E-state index contributed by atoms with van der Waals surface area (Å²) in [5, 5.41) is 9.38. The first-order valence-corrected chi connectivity index (χ1v) is 7.85. The van der Waals surface area contributed by atoms with Crippen LogP contribution in [0.4, 0.5) is 0 Å². The van der Waals surface area contributed by atoms with Crippen LogP contribution in [-0.2, 0) is 14.8 Å². The van der Waals surface area contributed by atoms with E-state index in [1.165, 1.54) is 12.3 Å². The summed E-state index contributed by atoms with van der Waals surface area (Å²) in [6.45, 7) is 6.07. The van der Waals surface area contributed by atoms with Gasteiger partial charge in [0.25, 0.3) is 0 Å². The third-order valence-electron chi connectivity index (χ3n) is 3.96. The topological polar surface area (TPSA) is 96.6 Å². The van der Waals surface area contributed by atoms with Crippen LogP contribution in [0.25, 0.3) is 0 Å². The molecule has 1 saturated carbocycles. The molecule has 0 aliphatic heterocycles. The van der Waals surface area contributed by atoms with Crippen LogP contribution < -0.4 is 4.72 Å². The van der Waals surface area contributed by atoms with Crippen LogP contribution in [0.2, 0.25) is 0 Å². The SMILES string of the molecule is CC(C)(C)C1CC(NS(=O)(=O)c2ccoc2)(C(=O)O)C1. The van der Waals surface area contributed by atoms with E-state index in [0.717, 1.165) is 6.26 Å². The molecule has 0 saturated heterocycles. The van der Waals surface area contributed by atoms with E-state index < -0.39 is 21.5 Å². The van der Waals surface area contributed by atoms with Crippen molar-refractivity contribution in [2.45, 2.75) is 44.0 Å². The number of carboxylic acids is 1. The van der Waals surface area contributed by atoms with Gasteiger partial charge < -0.3 is 9.52 Å². The van der Waals surface area contributed by atoms with Gasteiger partial charge in [0.05, 0.1) is 6.26 Å². The molecule has 1 aliphatic rings.